The summed E-state index contributed by atoms with van der Waals surface area (Å²) in [7, 11) is 0. The maximum absolute atomic E-state index is 11.2. The monoisotopic (exact) mass is 540 g/mol. The molecule has 1 heterocycles. The zero-order chi connectivity index (χ0) is 27.4. The van der Waals surface area contributed by atoms with E-state index >= 15 is 0 Å². The highest BCUT2D eigenvalue weighted by Crippen LogP contribution is 2.30. The Kier molecular flexibility index (Phi) is 10.5. The van der Waals surface area contributed by atoms with Gasteiger partial charge in [0.25, 0.3) is 0 Å². The summed E-state index contributed by atoms with van der Waals surface area (Å²) in [4.78, 5) is 0. The van der Waals surface area contributed by atoms with Gasteiger partial charge in [-0.25, -0.2) is 0 Å². The molecule has 1 unspecified atom stereocenters. The fourth-order valence-electron chi connectivity index (χ4n) is 4.77. The van der Waals surface area contributed by atoms with Gasteiger partial charge >= 0.3 is 0 Å². The predicted octanol–water partition coefficient (Wildman–Crippen LogP) is 5.68. The minimum Gasteiger partial charge on any atom is -0.374 e. The average Bonchev–Trinajstić information content (AvgIpc) is 3.01. The lowest BCUT2D eigenvalue weighted by Gasteiger charge is -2.44. The molecule has 4 aromatic carbocycles. The second-order valence-electron chi connectivity index (χ2n) is 9.85. The van der Waals surface area contributed by atoms with Crippen LogP contribution in [0.5, 0.6) is 0 Å². The highest BCUT2D eigenvalue weighted by Gasteiger charge is 2.48. The molecule has 0 aromatic heterocycles. The predicted molar refractivity (Wildman–Crippen MR) is 152 cm³/mol. The van der Waals surface area contributed by atoms with Crippen molar-refractivity contribution in [3.8, 4) is 0 Å². The van der Waals surface area contributed by atoms with E-state index in [-0.39, 0.29) is 6.61 Å². The standard InChI is InChI=1S/C34H36O6/c35-34-33(39-24-29-19-11-4-12-20-29)32(38-23-28-17-9-3-10-18-28)31(37-22-27-15-7-2-8-16-27)30(40-34)25-36-21-26-13-5-1-6-14-26/h1-20,30-35H,21-25H2/t30-,31-,32+,33+,34?/m0/s1. The van der Waals surface area contributed by atoms with Crippen molar-refractivity contribution < 1.29 is 28.8 Å². The molecule has 1 fully saturated rings. The van der Waals surface area contributed by atoms with Crippen molar-refractivity contribution in [2.75, 3.05) is 6.61 Å². The van der Waals surface area contributed by atoms with Crippen molar-refractivity contribution in [1.29, 1.82) is 0 Å². The fraction of sp³-hybridized carbons (Fsp3) is 0.294. The lowest BCUT2D eigenvalue weighted by Crippen LogP contribution is -2.61. The van der Waals surface area contributed by atoms with Crippen LogP contribution in [0.3, 0.4) is 0 Å². The first-order valence-corrected chi connectivity index (χ1v) is 13.7. The molecule has 0 aliphatic carbocycles. The van der Waals surface area contributed by atoms with Gasteiger partial charge in [0.1, 0.15) is 24.4 Å². The van der Waals surface area contributed by atoms with Gasteiger partial charge in [-0.05, 0) is 22.3 Å². The van der Waals surface area contributed by atoms with E-state index in [2.05, 4.69) is 0 Å². The summed E-state index contributed by atoms with van der Waals surface area (Å²) in [5.41, 5.74) is 4.10. The summed E-state index contributed by atoms with van der Waals surface area (Å²) in [6.45, 7) is 1.65. The summed E-state index contributed by atoms with van der Waals surface area (Å²) in [6, 6.07) is 39.7. The maximum atomic E-state index is 11.2. The van der Waals surface area contributed by atoms with Crippen LogP contribution >= 0.6 is 0 Å². The first-order chi connectivity index (χ1) is 19.8. The van der Waals surface area contributed by atoms with Crippen LogP contribution in [0.2, 0.25) is 0 Å². The van der Waals surface area contributed by atoms with E-state index in [1.807, 2.05) is 121 Å². The summed E-state index contributed by atoms with van der Waals surface area (Å²) < 4.78 is 31.4. The van der Waals surface area contributed by atoms with Gasteiger partial charge in [0, 0.05) is 0 Å². The molecular formula is C34H36O6. The van der Waals surface area contributed by atoms with Gasteiger partial charge in [0.15, 0.2) is 6.29 Å². The first-order valence-electron chi connectivity index (χ1n) is 13.7. The molecule has 1 aliphatic rings. The third-order valence-corrected chi connectivity index (χ3v) is 6.86. The van der Waals surface area contributed by atoms with Gasteiger partial charge in [-0.3, -0.25) is 0 Å². The van der Waals surface area contributed by atoms with Crippen LogP contribution in [0.15, 0.2) is 121 Å². The summed E-state index contributed by atoms with van der Waals surface area (Å²) in [5.74, 6) is 0. The SMILES string of the molecule is OC1O[C@@H](COCc2ccccc2)[C@H](OCc2ccccc2)[C@@H](OCc2ccccc2)[C@H]1OCc1ccccc1. The quantitative estimate of drug-likeness (QED) is 0.236. The molecule has 0 amide bonds. The summed E-state index contributed by atoms with van der Waals surface area (Å²) in [5, 5.41) is 11.2. The Balaban J connectivity index is 1.36. The average molecular weight is 541 g/mol. The number of ether oxygens (including phenoxy) is 5. The second kappa shape index (κ2) is 14.9. The normalized spacial score (nSPS) is 22.7. The van der Waals surface area contributed by atoms with Gasteiger partial charge in [-0.2, -0.15) is 0 Å². The Morgan fingerprint density at radius 3 is 1.30 bits per heavy atom. The number of benzene rings is 4. The fourth-order valence-corrected chi connectivity index (χ4v) is 4.77. The number of hydrogen-bond acceptors (Lipinski definition) is 6. The van der Waals surface area contributed by atoms with Crippen molar-refractivity contribution in [2.45, 2.75) is 57.1 Å². The Morgan fingerprint density at radius 2 is 0.850 bits per heavy atom. The van der Waals surface area contributed by atoms with E-state index in [1.54, 1.807) is 0 Å². The van der Waals surface area contributed by atoms with Crippen LogP contribution in [-0.2, 0) is 50.1 Å². The zero-order valence-corrected chi connectivity index (χ0v) is 22.5. The van der Waals surface area contributed by atoms with Crippen LogP contribution < -0.4 is 0 Å². The molecule has 0 radical (unpaired) electrons. The molecule has 1 aliphatic heterocycles. The smallest absolute Gasteiger partial charge is 0.184 e. The van der Waals surface area contributed by atoms with E-state index in [1.165, 1.54) is 0 Å². The topological polar surface area (TPSA) is 66.4 Å². The largest absolute Gasteiger partial charge is 0.374 e. The molecule has 4 aromatic rings. The lowest BCUT2D eigenvalue weighted by atomic mass is 9.98. The van der Waals surface area contributed by atoms with Crippen LogP contribution in [0.25, 0.3) is 0 Å². The number of aliphatic hydroxyl groups excluding tert-OH is 1. The minimum atomic E-state index is -1.22. The molecule has 0 spiro atoms. The van der Waals surface area contributed by atoms with Gasteiger partial charge in [0.2, 0.25) is 0 Å². The van der Waals surface area contributed by atoms with Gasteiger partial charge < -0.3 is 28.8 Å². The molecule has 0 saturated carbocycles. The highest BCUT2D eigenvalue weighted by atomic mass is 16.7. The molecule has 1 saturated heterocycles. The third kappa shape index (κ3) is 8.08. The van der Waals surface area contributed by atoms with Crippen molar-refractivity contribution in [3.05, 3.63) is 144 Å². The molecule has 40 heavy (non-hydrogen) atoms. The second-order valence-corrected chi connectivity index (χ2v) is 9.85. The van der Waals surface area contributed by atoms with Gasteiger partial charge in [-0.15, -0.1) is 0 Å². The van der Waals surface area contributed by atoms with Crippen LogP contribution in [-0.4, -0.2) is 42.4 Å². The Hall–Kier alpha value is -3.36. The van der Waals surface area contributed by atoms with Gasteiger partial charge in [0.05, 0.1) is 33.0 Å². The minimum absolute atomic E-state index is 0.224. The van der Waals surface area contributed by atoms with Crippen LogP contribution in [0, 0.1) is 0 Å². The highest BCUT2D eigenvalue weighted by molar-refractivity contribution is 5.16. The Bertz CT molecular complexity index is 1240. The zero-order valence-electron chi connectivity index (χ0n) is 22.5. The Labute approximate surface area is 236 Å². The van der Waals surface area contributed by atoms with Crippen LogP contribution in [0.1, 0.15) is 22.3 Å². The summed E-state index contributed by atoms with van der Waals surface area (Å²) >= 11 is 0. The van der Waals surface area contributed by atoms with Crippen molar-refractivity contribution >= 4 is 0 Å². The first kappa shape index (κ1) is 28.2. The van der Waals surface area contributed by atoms with Gasteiger partial charge in [-0.1, -0.05) is 121 Å². The Morgan fingerprint density at radius 1 is 0.475 bits per heavy atom. The molecule has 5 rings (SSSR count). The van der Waals surface area contributed by atoms with Crippen molar-refractivity contribution in [1.82, 2.24) is 0 Å². The number of aliphatic hydroxyl groups is 1. The number of rotatable bonds is 13. The molecule has 6 nitrogen and oxygen atoms in total. The molecular weight excluding hydrogens is 504 g/mol. The van der Waals surface area contributed by atoms with Crippen molar-refractivity contribution in [2.24, 2.45) is 0 Å². The van der Waals surface area contributed by atoms with E-state index in [0.717, 1.165) is 22.3 Å². The number of hydrogen-bond donors (Lipinski definition) is 1. The van der Waals surface area contributed by atoms with E-state index < -0.39 is 30.7 Å². The molecule has 0 bridgehead atoms. The molecule has 208 valence electrons. The third-order valence-electron chi connectivity index (χ3n) is 6.86. The lowest BCUT2D eigenvalue weighted by molar-refractivity contribution is -0.317. The van der Waals surface area contributed by atoms with Crippen molar-refractivity contribution in [3.63, 3.8) is 0 Å². The molecule has 6 heteroatoms. The van der Waals surface area contributed by atoms with E-state index in [9.17, 15) is 5.11 Å². The molecule has 5 atom stereocenters. The van der Waals surface area contributed by atoms with E-state index in [0.29, 0.717) is 26.4 Å². The maximum Gasteiger partial charge on any atom is 0.184 e. The summed E-state index contributed by atoms with van der Waals surface area (Å²) in [6.07, 6.45) is -3.72. The van der Waals surface area contributed by atoms with Crippen LogP contribution in [0.4, 0.5) is 0 Å². The molecule has 1 N–H and O–H groups in total. The van der Waals surface area contributed by atoms with E-state index in [4.69, 9.17) is 23.7 Å².